The lowest BCUT2D eigenvalue weighted by molar-refractivity contribution is -0.385. The minimum Gasteiger partial charge on any atom is -0.508 e. The summed E-state index contributed by atoms with van der Waals surface area (Å²) in [6.07, 6.45) is 1.88. The third kappa shape index (κ3) is 2.54. The van der Waals surface area contributed by atoms with E-state index < -0.39 is 0 Å². The fraction of sp³-hybridized carbons (Fsp3) is 0.250. The van der Waals surface area contributed by atoms with E-state index in [2.05, 4.69) is 5.32 Å². The average Bonchev–Trinajstić information content (AvgIpc) is 2.80. The Morgan fingerprint density at radius 1 is 1.29 bits per heavy atom. The lowest BCUT2D eigenvalue weighted by Gasteiger charge is -2.16. The molecule has 0 aromatic heterocycles. The van der Waals surface area contributed by atoms with Gasteiger partial charge in [-0.05, 0) is 55.2 Å². The van der Waals surface area contributed by atoms with Crippen LogP contribution >= 0.6 is 0 Å². The number of nitrogens with zero attached hydrogens (tertiary/aromatic N) is 1. The van der Waals surface area contributed by atoms with Gasteiger partial charge in [-0.25, -0.2) is 0 Å². The van der Waals surface area contributed by atoms with Crippen LogP contribution in [0.2, 0.25) is 0 Å². The van der Waals surface area contributed by atoms with Gasteiger partial charge in [-0.2, -0.15) is 0 Å². The Morgan fingerprint density at radius 2 is 2.10 bits per heavy atom. The van der Waals surface area contributed by atoms with Crippen molar-refractivity contribution in [3.8, 4) is 5.75 Å². The maximum absolute atomic E-state index is 10.8. The number of hydrogen-bond donors (Lipinski definition) is 2. The van der Waals surface area contributed by atoms with Crippen molar-refractivity contribution in [2.24, 2.45) is 0 Å². The van der Waals surface area contributed by atoms with Crippen molar-refractivity contribution in [1.82, 2.24) is 0 Å². The summed E-state index contributed by atoms with van der Waals surface area (Å²) in [4.78, 5) is 10.5. The normalized spacial score (nSPS) is 16.5. The molecule has 2 aromatic carbocycles. The third-order valence-corrected chi connectivity index (χ3v) is 3.94. The van der Waals surface area contributed by atoms with Crippen molar-refractivity contribution in [2.45, 2.75) is 25.8 Å². The predicted molar refractivity (Wildman–Crippen MR) is 80.6 cm³/mol. The van der Waals surface area contributed by atoms with Gasteiger partial charge >= 0.3 is 0 Å². The number of anilines is 1. The molecule has 1 atom stereocenters. The molecule has 0 amide bonds. The summed E-state index contributed by atoms with van der Waals surface area (Å²) >= 11 is 0. The summed E-state index contributed by atoms with van der Waals surface area (Å²) in [6, 6.07) is 10.7. The van der Waals surface area contributed by atoms with E-state index in [0.29, 0.717) is 11.3 Å². The van der Waals surface area contributed by atoms with Gasteiger partial charge in [0.2, 0.25) is 0 Å². The number of fused-ring (bicyclic) bond motifs is 1. The number of rotatable bonds is 3. The van der Waals surface area contributed by atoms with Gasteiger partial charge in [-0.1, -0.05) is 6.07 Å². The molecule has 108 valence electrons. The zero-order valence-electron chi connectivity index (χ0n) is 11.7. The number of phenolic OH excluding ortho intramolecular Hbond substituents is 1. The summed E-state index contributed by atoms with van der Waals surface area (Å²) in [5.74, 6) is 0.292. The SMILES string of the molecule is Cc1cc(NC2CCc3cc(O)ccc32)ccc1[N+](=O)[O-]. The second-order valence-corrected chi connectivity index (χ2v) is 5.38. The van der Waals surface area contributed by atoms with Crippen molar-refractivity contribution >= 4 is 11.4 Å². The Bertz CT molecular complexity index is 713. The number of hydrogen-bond acceptors (Lipinski definition) is 4. The predicted octanol–water partition coefficient (Wildman–Crippen LogP) is 3.71. The molecule has 5 heteroatoms. The Morgan fingerprint density at radius 3 is 2.81 bits per heavy atom. The smallest absolute Gasteiger partial charge is 0.272 e. The number of aromatic hydroxyl groups is 1. The highest BCUT2D eigenvalue weighted by Gasteiger charge is 2.23. The van der Waals surface area contributed by atoms with Crippen LogP contribution < -0.4 is 5.32 Å². The van der Waals surface area contributed by atoms with E-state index in [1.54, 1.807) is 31.2 Å². The molecule has 1 unspecified atom stereocenters. The van der Waals surface area contributed by atoms with Crippen molar-refractivity contribution in [1.29, 1.82) is 0 Å². The molecule has 0 spiro atoms. The Labute approximate surface area is 122 Å². The summed E-state index contributed by atoms with van der Waals surface area (Å²) in [5.41, 5.74) is 4.00. The molecule has 1 aliphatic rings. The van der Waals surface area contributed by atoms with Gasteiger partial charge in [-0.3, -0.25) is 10.1 Å². The highest BCUT2D eigenvalue weighted by molar-refractivity contribution is 5.55. The maximum atomic E-state index is 10.8. The highest BCUT2D eigenvalue weighted by atomic mass is 16.6. The van der Waals surface area contributed by atoms with E-state index in [-0.39, 0.29) is 16.7 Å². The summed E-state index contributed by atoms with van der Waals surface area (Å²) < 4.78 is 0. The number of phenols is 1. The van der Waals surface area contributed by atoms with Gasteiger partial charge in [0.15, 0.2) is 0 Å². The monoisotopic (exact) mass is 284 g/mol. The second kappa shape index (κ2) is 5.09. The van der Waals surface area contributed by atoms with Crippen LogP contribution in [0.15, 0.2) is 36.4 Å². The zero-order chi connectivity index (χ0) is 15.0. The summed E-state index contributed by atoms with van der Waals surface area (Å²) in [7, 11) is 0. The Kier molecular flexibility index (Phi) is 3.25. The molecule has 0 heterocycles. The van der Waals surface area contributed by atoms with E-state index in [4.69, 9.17) is 0 Å². The van der Waals surface area contributed by atoms with Crippen LogP contribution in [0.3, 0.4) is 0 Å². The molecule has 0 aliphatic heterocycles. The van der Waals surface area contributed by atoms with Crippen molar-refractivity contribution in [2.75, 3.05) is 5.32 Å². The first-order valence-electron chi connectivity index (χ1n) is 6.88. The second-order valence-electron chi connectivity index (χ2n) is 5.38. The first kappa shape index (κ1) is 13.4. The molecule has 2 N–H and O–H groups in total. The number of nitro groups is 1. The van der Waals surface area contributed by atoms with Gasteiger partial charge in [0, 0.05) is 17.3 Å². The standard InChI is InChI=1S/C16H16N2O3/c1-10-8-12(3-7-16(10)18(20)21)17-15-6-2-11-9-13(19)4-5-14(11)15/h3-5,7-9,15,17,19H,2,6H2,1H3. The number of nitrogens with one attached hydrogen (secondary N) is 1. The van der Waals surface area contributed by atoms with Crippen LogP contribution in [0, 0.1) is 17.0 Å². The van der Waals surface area contributed by atoms with Crippen molar-refractivity contribution in [3.63, 3.8) is 0 Å². The lowest BCUT2D eigenvalue weighted by atomic mass is 10.1. The molecule has 0 saturated heterocycles. The van der Waals surface area contributed by atoms with Crippen molar-refractivity contribution < 1.29 is 10.0 Å². The Balaban J connectivity index is 1.83. The molecule has 21 heavy (non-hydrogen) atoms. The fourth-order valence-corrected chi connectivity index (χ4v) is 2.91. The number of benzene rings is 2. The maximum Gasteiger partial charge on any atom is 0.272 e. The van der Waals surface area contributed by atoms with Crippen LogP contribution in [0.1, 0.15) is 29.2 Å². The van der Waals surface area contributed by atoms with Gasteiger partial charge in [0.05, 0.1) is 11.0 Å². The summed E-state index contributed by atoms with van der Waals surface area (Å²) in [6.45, 7) is 1.74. The zero-order valence-corrected chi connectivity index (χ0v) is 11.7. The molecule has 0 radical (unpaired) electrons. The van der Waals surface area contributed by atoms with Gasteiger partial charge < -0.3 is 10.4 Å². The van der Waals surface area contributed by atoms with E-state index >= 15 is 0 Å². The molecule has 5 nitrogen and oxygen atoms in total. The van der Waals surface area contributed by atoms with E-state index in [0.717, 1.165) is 24.1 Å². The lowest BCUT2D eigenvalue weighted by Crippen LogP contribution is -2.07. The molecule has 0 saturated carbocycles. The van der Waals surface area contributed by atoms with Crippen molar-refractivity contribution in [3.05, 3.63) is 63.2 Å². The number of aryl methyl sites for hydroxylation is 2. The fourth-order valence-electron chi connectivity index (χ4n) is 2.91. The summed E-state index contributed by atoms with van der Waals surface area (Å²) in [5, 5.41) is 23.8. The minimum absolute atomic E-state index is 0.136. The first-order valence-corrected chi connectivity index (χ1v) is 6.88. The largest absolute Gasteiger partial charge is 0.508 e. The molecular weight excluding hydrogens is 268 g/mol. The first-order chi connectivity index (χ1) is 10.0. The molecular formula is C16H16N2O3. The number of nitro benzene ring substituents is 1. The van der Waals surface area contributed by atoms with Gasteiger partial charge in [0.25, 0.3) is 5.69 Å². The molecule has 3 rings (SSSR count). The van der Waals surface area contributed by atoms with E-state index in [9.17, 15) is 15.2 Å². The molecule has 0 bridgehead atoms. The minimum atomic E-state index is -0.368. The van der Waals surface area contributed by atoms with Crippen LogP contribution in [0.4, 0.5) is 11.4 Å². The average molecular weight is 284 g/mol. The molecule has 2 aromatic rings. The van der Waals surface area contributed by atoms with Crippen LogP contribution in [0.5, 0.6) is 5.75 Å². The topological polar surface area (TPSA) is 75.4 Å². The van der Waals surface area contributed by atoms with Crippen LogP contribution in [0.25, 0.3) is 0 Å². The third-order valence-electron chi connectivity index (χ3n) is 3.94. The van der Waals surface area contributed by atoms with E-state index in [1.807, 2.05) is 6.07 Å². The molecule has 0 fully saturated rings. The Hall–Kier alpha value is -2.56. The van der Waals surface area contributed by atoms with Gasteiger partial charge in [0.1, 0.15) is 5.75 Å². The quantitative estimate of drug-likeness (QED) is 0.665. The highest BCUT2D eigenvalue weighted by Crippen LogP contribution is 2.36. The van der Waals surface area contributed by atoms with E-state index in [1.165, 1.54) is 11.6 Å². The van der Waals surface area contributed by atoms with Gasteiger partial charge in [-0.15, -0.1) is 0 Å². The van der Waals surface area contributed by atoms with Crippen LogP contribution in [-0.2, 0) is 6.42 Å². The van der Waals surface area contributed by atoms with Crippen LogP contribution in [-0.4, -0.2) is 10.0 Å². The molecule has 1 aliphatic carbocycles.